The molecule has 0 aromatic carbocycles. The molecule has 2 N–H and O–H groups in total. The number of nitrogens with zero attached hydrogens (tertiary/aromatic N) is 4. The van der Waals surface area contributed by atoms with E-state index in [0.29, 0.717) is 35.3 Å². The second-order valence-electron chi connectivity index (χ2n) is 8.44. The molecule has 2 aliphatic carbocycles. The van der Waals surface area contributed by atoms with Crippen molar-refractivity contribution in [1.29, 1.82) is 5.26 Å². The summed E-state index contributed by atoms with van der Waals surface area (Å²) in [6.07, 6.45) is 8.16. The van der Waals surface area contributed by atoms with Crippen molar-refractivity contribution < 1.29 is 4.79 Å². The number of fused-ring (bicyclic) bond motifs is 2. The standard InChI is InChI=1S/C21H27N5O/c1-12-4-5-18-19(13(12)2)24-9-16(8-22)20(18)25(3)17-6-14-10-26(21(23)27)11-15(14)7-17/h4-5,9,12-15,17H,6-7,10-11H2,1-3H3,(H2,23,27)/t12?,13-,14?,15?,17?/m0/s1. The third-order valence-electron chi connectivity index (χ3n) is 6.96. The van der Waals surface area contributed by atoms with Gasteiger partial charge in [-0.3, -0.25) is 4.98 Å². The Morgan fingerprint density at radius 1 is 1.33 bits per heavy atom. The van der Waals surface area contributed by atoms with Crippen LogP contribution in [0.25, 0.3) is 6.08 Å². The zero-order chi connectivity index (χ0) is 19.3. The first-order valence-corrected chi connectivity index (χ1v) is 9.79. The minimum absolute atomic E-state index is 0.308. The van der Waals surface area contributed by atoms with Crippen molar-refractivity contribution in [3.05, 3.63) is 29.1 Å². The molecule has 4 atom stereocenters. The summed E-state index contributed by atoms with van der Waals surface area (Å²) >= 11 is 0. The number of anilines is 1. The van der Waals surface area contributed by atoms with E-state index in [-0.39, 0.29) is 6.03 Å². The molecule has 3 aliphatic rings. The van der Waals surface area contributed by atoms with Crippen molar-refractivity contribution in [3.63, 3.8) is 0 Å². The third kappa shape index (κ3) is 2.86. The first-order valence-electron chi connectivity index (χ1n) is 9.79. The Morgan fingerprint density at radius 2 is 2.00 bits per heavy atom. The van der Waals surface area contributed by atoms with E-state index < -0.39 is 0 Å². The van der Waals surface area contributed by atoms with Gasteiger partial charge in [-0.25, -0.2) is 4.79 Å². The molecule has 1 aliphatic heterocycles. The largest absolute Gasteiger partial charge is 0.370 e. The number of primary amides is 1. The van der Waals surface area contributed by atoms with Gasteiger partial charge in [-0.05, 0) is 30.6 Å². The van der Waals surface area contributed by atoms with Crippen molar-refractivity contribution in [2.75, 3.05) is 25.0 Å². The second-order valence-corrected chi connectivity index (χ2v) is 8.44. The van der Waals surface area contributed by atoms with E-state index in [9.17, 15) is 10.1 Å². The molecule has 6 nitrogen and oxygen atoms in total. The summed E-state index contributed by atoms with van der Waals surface area (Å²) in [7, 11) is 2.10. The molecule has 4 rings (SSSR count). The number of aromatic nitrogens is 1. The molecule has 6 heteroatoms. The van der Waals surface area contributed by atoms with Crippen LogP contribution in [-0.4, -0.2) is 42.1 Å². The normalized spacial score (nSPS) is 31.3. The van der Waals surface area contributed by atoms with E-state index in [4.69, 9.17) is 5.73 Å². The molecule has 142 valence electrons. The number of likely N-dealkylation sites (tertiary alicyclic amines) is 1. The van der Waals surface area contributed by atoms with E-state index in [2.05, 4.69) is 49.0 Å². The van der Waals surface area contributed by atoms with E-state index >= 15 is 0 Å². The van der Waals surface area contributed by atoms with Gasteiger partial charge in [-0.1, -0.05) is 26.0 Å². The summed E-state index contributed by atoms with van der Waals surface area (Å²) in [6.45, 7) is 5.93. The van der Waals surface area contributed by atoms with Gasteiger partial charge in [0, 0.05) is 43.9 Å². The number of nitrogens with two attached hydrogens (primary N) is 1. The lowest BCUT2D eigenvalue weighted by Gasteiger charge is -2.33. The van der Waals surface area contributed by atoms with Gasteiger partial charge < -0.3 is 15.5 Å². The molecule has 27 heavy (non-hydrogen) atoms. The van der Waals surface area contributed by atoms with Crippen LogP contribution >= 0.6 is 0 Å². The Morgan fingerprint density at radius 3 is 2.59 bits per heavy atom. The number of hydrogen-bond acceptors (Lipinski definition) is 4. The Labute approximate surface area is 160 Å². The summed E-state index contributed by atoms with van der Waals surface area (Å²) < 4.78 is 0. The Bertz CT molecular complexity index is 828. The number of amides is 2. The average molecular weight is 365 g/mol. The SMILES string of the molecule is CC1C=Cc2c(ncc(C#N)c2N(C)C2CC3CN(C(N)=O)CC3C2)[C@H]1C. The average Bonchev–Trinajstić information content (AvgIpc) is 3.22. The van der Waals surface area contributed by atoms with Crippen LogP contribution in [-0.2, 0) is 0 Å². The van der Waals surface area contributed by atoms with Crippen molar-refractivity contribution in [1.82, 2.24) is 9.88 Å². The molecule has 0 bridgehead atoms. The molecule has 0 radical (unpaired) electrons. The molecule has 2 amide bonds. The molecule has 1 saturated heterocycles. The summed E-state index contributed by atoms with van der Waals surface area (Å²) in [4.78, 5) is 20.1. The molecular formula is C21H27N5O. The van der Waals surface area contributed by atoms with E-state index in [1.165, 1.54) is 0 Å². The number of rotatable bonds is 2. The van der Waals surface area contributed by atoms with Gasteiger partial charge >= 0.3 is 6.03 Å². The Balaban J connectivity index is 1.63. The number of carbonyl (C=O) groups is 1. The molecule has 0 spiro atoms. The molecule has 2 fully saturated rings. The van der Waals surface area contributed by atoms with Gasteiger partial charge in [-0.2, -0.15) is 5.26 Å². The predicted octanol–water partition coefficient (Wildman–Crippen LogP) is 2.94. The highest BCUT2D eigenvalue weighted by atomic mass is 16.2. The second kappa shape index (κ2) is 6.56. The Kier molecular flexibility index (Phi) is 4.33. The van der Waals surface area contributed by atoms with E-state index in [1.807, 2.05) is 0 Å². The lowest BCUT2D eigenvalue weighted by Crippen LogP contribution is -2.37. The zero-order valence-corrected chi connectivity index (χ0v) is 16.2. The van der Waals surface area contributed by atoms with Crippen molar-refractivity contribution >= 4 is 17.8 Å². The lowest BCUT2D eigenvalue weighted by molar-refractivity contribution is 0.214. The maximum absolute atomic E-state index is 11.5. The van der Waals surface area contributed by atoms with Crippen molar-refractivity contribution in [2.24, 2.45) is 23.5 Å². The minimum atomic E-state index is -0.308. The van der Waals surface area contributed by atoms with Gasteiger partial charge in [0.25, 0.3) is 0 Å². The molecule has 1 aromatic rings. The number of pyridine rings is 1. The lowest BCUT2D eigenvalue weighted by atomic mass is 9.83. The number of carbonyl (C=O) groups excluding carboxylic acids is 1. The topological polar surface area (TPSA) is 86.2 Å². The maximum Gasteiger partial charge on any atom is 0.314 e. The van der Waals surface area contributed by atoms with E-state index in [0.717, 1.165) is 42.9 Å². The fourth-order valence-corrected chi connectivity index (χ4v) is 5.13. The quantitative estimate of drug-likeness (QED) is 0.873. The van der Waals surface area contributed by atoms with Gasteiger partial charge in [0.05, 0.1) is 16.9 Å². The van der Waals surface area contributed by atoms with Crippen LogP contribution in [0.15, 0.2) is 12.3 Å². The predicted molar refractivity (Wildman–Crippen MR) is 105 cm³/mol. The summed E-state index contributed by atoms with van der Waals surface area (Å²) in [5.41, 5.74) is 9.28. The maximum atomic E-state index is 11.5. The van der Waals surface area contributed by atoms with Gasteiger partial charge in [0.2, 0.25) is 0 Å². The number of urea groups is 1. The molecular weight excluding hydrogens is 338 g/mol. The van der Waals surface area contributed by atoms with Crippen LogP contribution in [0.3, 0.4) is 0 Å². The molecule has 1 saturated carbocycles. The van der Waals surface area contributed by atoms with Crippen LogP contribution in [0.2, 0.25) is 0 Å². The Hall–Kier alpha value is -2.55. The molecule has 3 unspecified atom stereocenters. The number of hydrogen-bond donors (Lipinski definition) is 1. The van der Waals surface area contributed by atoms with Crippen LogP contribution in [0.5, 0.6) is 0 Å². The summed E-state index contributed by atoms with van der Waals surface area (Å²) in [5, 5.41) is 9.69. The number of nitriles is 1. The minimum Gasteiger partial charge on any atom is -0.370 e. The highest BCUT2D eigenvalue weighted by Gasteiger charge is 2.43. The smallest absolute Gasteiger partial charge is 0.314 e. The van der Waals surface area contributed by atoms with Crippen molar-refractivity contribution in [3.8, 4) is 6.07 Å². The van der Waals surface area contributed by atoms with Gasteiger partial charge in [0.15, 0.2) is 0 Å². The fraction of sp³-hybridized carbons (Fsp3) is 0.571. The van der Waals surface area contributed by atoms with Crippen LogP contribution in [0.4, 0.5) is 10.5 Å². The first-order chi connectivity index (χ1) is 12.9. The monoisotopic (exact) mass is 365 g/mol. The van der Waals surface area contributed by atoms with E-state index in [1.54, 1.807) is 11.1 Å². The summed E-state index contributed by atoms with van der Waals surface area (Å²) in [5.74, 6) is 1.80. The third-order valence-corrected chi connectivity index (χ3v) is 6.96. The van der Waals surface area contributed by atoms with Crippen LogP contribution in [0, 0.1) is 29.1 Å². The molecule has 2 heterocycles. The van der Waals surface area contributed by atoms with Crippen molar-refractivity contribution in [2.45, 2.75) is 38.6 Å². The first kappa shape index (κ1) is 17.8. The van der Waals surface area contributed by atoms with Crippen LogP contribution in [0.1, 0.15) is 49.4 Å². The molecule has 1 aromatic heterocycles. The van der Waals surface area contributed by atoms with Crippen LogP contribution < -0.4 is 10.6 Å². The van der Waals surface area contributed by atoms with Gasteiger partial charge in [-0.15, -0.1) is 0 Å². The zero-order valence-electron chi connectivity index (χ0n) is 16.2. The highest BCUT2D eigenvalue weighted by molar-refractivity contribution is 5.76. The number of allylic oxidation sites excluding steroid dienone is 1. The fourth-order valence-electron chi connectivity index (χ4n) is 5.13. The summed E-state index contributed by atoms with van der Waals surface area (Å²) in [6, 6.07) is 2.41. The van der Waals surface area contributed by atoms with Gasteiger partial charge in [0.1, 0.15) is 6.07 Å². The highest BCUT2D eigenvalue weighted by Crippen LogP contribution is 2.44.